The van der Waals surface area contributed by atoms with Crippen molar-refractivity contribution in [2.45, 2.75) is 45.3 Å². The van der Waals surface area contributed by atoms with Gasteiger partial charge < -0.3 is 15.7 Å². The maximum absolute atomic E-state index is 14.3. The lowest BCUT2D eigenvalue weighted by Gasteiger charge is -2.36. The quantitative estimate of drug-likeness (QED) is 0.486. The number of halogens is 2. The highest BCUT2D eigenvalue weighted by molar-refractivity contribution is 5.92. The summed E-state index contributed by atoms with van der Waals surface area (Å²) in [5.41, 5.74) is 7.23. The molecule has 0 radical (unpaired) electrons. The smallest absolute Gasteiger partial charge is 0.223 e. The summed E-state index contributed by atoms with van der Waals surface area (Å²) in [6.45, 7) is 7.32. The van der Waals surface area contributed by atoms with E-state index in [1.165, 1.54) is 10.6 Å². The maximum atomic E-state index is 14.3. The molecule has 11 heteroatoms. The van der Waals surface area contributed by atoms with E-state index in [0.29, 0.717) is 18.3 Å². The Bertz CT molecular complexity index is 1330. The molecule has 4 atom stereocenters. The molecule has 1 aliphatic rings. The first-order valence-corrected chi connectivity index (χ1v) is 11.0. The molecular formula is C22H26F2N8O. The minimum atomic E-state index is -0.787. The molecule has 3 aromatic heterocycles. The number of piperidine rings is 1. The van der Waals surface area contributed by atoms with Crippen LogP contribution in [-0.2, 0) is 0 Å². The van der Waals surface area contributed by atoms with Crippen molar-refractivity contribution in [2.24, 2.45) is 5.92 Å². The van der Waals surface area contributed by atoms with Gasteiger partial charge in [-0.2, -0.15) is 9.61 Å². The highest BCUT2D eigenvalue weighted by Crippen LogP contribution is 2.33. The molecule has 1 saturated heterocycles. The normalized spacial score (nSPS) is 21.1. The first-order chi connectivity index (χ1) is 15.7. The third kappa shape index (κ3) is 3.75. The van der Waals surface area contributed by atoms with Gasteiger partial charge in [0, 0.05) is 31.3 Å². The molecule has 1 aromatic carbocycles. The van der Waals surface area contributed by atoms with Gasteiger partial charge in [0.1, 0.15) is 11.3 Å². The van der Waals surface area contributed by atoms with E-state index in [4.69, 9.17) is 5.73 Å². The standard InChI is InChI=1S/C22H26F2N8O/c1-11-4-14(9-30(8-11)16-7-26-31(10-16)12(2)13(3)33)20-28-21-17-5-15(23)6-18(24)19(17)27-22(25)32(21)29-20/h5-7,10-14,33H,4,8-9H2,1-3H3,(H2,25,27)/t11-,12-,13-,14+/m0/s1. The van der Waals surface area contributed by atoms with Gasteiger partial charge in [-0.3, -0.25) is 4.68 Å². The molecule has 5 rings (SSSR count). The average Bonchev–Trinajstić information content (AvgIpc) is 3.42. The van der Waals surface area contributed by atoms with Gasteiger partial charge in [0.15, 0.2) is 17.3 Å². The van der Waals surface area contributed by atoms with Crippen LogP contribution in [0.1, 0.15) is 45.0 Å². The number of anilines is 2. The predicted octanol–water partition coefficient (Wildman–Crippen LogP) is 2.91. The molecule has 0 unspecified atom stereocenters. The summed E-state index contributed by atoms with van der Waals surface area (Å²) in [6.07, 6.45) is 4.08. The number of benzene rings is 1. The number of rotatable bonds is 4. The molecule has 33 heavy (non-hydrogen) atoms. The van der Waals surface area contributed by atoms with Crippen molar-refractivity contribution in [3.8, 4) is 0 Å². The van der Waals surface area contributed by atoms with Gasteiger partial charge in [-0.15, -0.1) is 5.10 Å². The van der Waals surface area contributed by atoms with Crippen LogP contribution in [0.2, 0.25) is 0 Å². The van der Waals surface area contributed by atoms with E-state index in [0.717, 1.165) is 24.7 Å². The van der Waals surface area contributed by atoms with Crippen LogP contribution in [0.4, 0.5) is 20.4 Å². The summed E-state index contributed by atoms with van der Waals surface area (Å²) >= 11 is 0. The Morgan fingerprint density at radius 2 is 1.97 bits per heavy atom. The minimum Gasteiger partial charge on any atom is -0.391 e. The molecule has 0 saturated carbocycles. The van der Waals surface area contributed by atoms with Gasteiger partial charge in [-0.1, -0.05) is 6.92 Å². The van der Waals surface area contributed by atoms with Gasteiger partial charge in [0.05, 0.1) is 29.4 Å². The number of nitrogens with two attached hydrogens (primary N) is 1. The summed E-state index contributed by atoms with van der Waals surface area (Å²) < 4.78 is 31.3. The van der Waals surface area contributed by atoms with Crippen LogP contribution in [0.5, 0.6) is 0 Å². The number of aliphatic hydroxyl groups is 1. The number of hydrogen-bond donors (Lipinski definition) is 2. The van der Waals surface area contributed by atoms with Crippen molar-refractivity contribution in [1.82, 2.24) is 29.4 Å². The third-order valence-electron chi connectivity index (χ3n) is 6.43. The number of nitrogens with zero attached hydrogens (tertiary/aromatic N) is 7. The maximum Gasteiger partial charge on any atom is 0.223 e. The summed E-state index contributed by atoms with van der Waals surface area (Å²) in [4.78, 5) is 10.9. The predicted molar refractivity (Wildman–Crippen MR) is 120 cm³/mol. The molecule has 3 N–H and O–H groups in total. The largest absolute Gasteiger partial charge is 0.391 e. The zero-order valence-corrected chi connectivity index (χ0v) is 18.7. The van der Waals surface area contributed by atoms with E-state index in [1.54, 1.807) is 17.8 Å². The molecule has 0 amide bonds. The third-order valence-corrected chi connectivity index (χ3v) is 6.43. The van der Waals surface area contributed by atoms with Crippen LogP contribution in [0.25, 0.3) is 16.6 Å². The molecule has 174 valence electrons. The van der Waals surface area contributed by atoms with Crippen LogP contribution in [0, 0.1) is 17.6 Å². The number of fused-ring (bicyclic) bond motifs is 3. The number of aliphatic hydroxyl groups excluding tert-OH is 1. The number of hydrogen-bond acceptors (Lipinski definition) is 7. The van der Waals surface area contributed by atoms with E-state index in [1.807, 2.05) is 13.1 Å². The molecule has 0 bridgehead atoms. The van der Waals surface area contributed by atoms with E-state index >= 15 is 0 Å². The molecule has 4 heterocycles. The topological polar surface area (TPSA) is 110 Å². The zero-order chi connectivity index (χ0) is 23.4. The van der Waals surface area contributed by atoms with Crippen LogP contribution in [0.3, 0.4) is 0 Å². The van der Waals surface area contributed by atoms with Crippen LogP contribution in [0.15, 0.2) is 24.5 Å². The fraction of sp³-hybridized carbons (Fsp3) is 0.455. The Labute approximate surface area is 188 Å². The lowest BCUT2D eigenvalue weighted by Crippen LogP contribution is -2.39. The van der Waals surface area contributed by atoms with E-state index in [9.17, 15) is 13.9 Å². The first-order valence-electron chi connectivity index (χ1n) is 11.0. The van der Waals surface area contributed by atoms with E-state index in [2.05, 4.69) is 32.0 Å². The van der Waals surface area contributed by atoms with Gasteiger partial charge >= 0.3 is 0 Å². The second-order valence-electron chi connectivity index (χ2n) is 9.06. The fourth-order valence-corrected chi connectivity index (χ4v) is 4.53. The lowest BCUT2D eigenvalue weighted by atomic mass is 9.90. The second-order valence-corrected chi connectivity index (χ2v) is 9.06. The number of nitrogen functional groups attached to an aromatic ring is 1. The summed E-state index contributed by atoms with van der Waals surface area (Å²) in [7, 11) is 0. The van der Waals surface area contributed by atoms with E-state index in [-0.39, 0.29) is 34.5 Å². The number of aromatic nitrogens is 6. The van der Waals surface area contributed by atoms with Crippen molar-refractivity contribution >= 4 is 28.2 Å². The fourth-order valence-electron chi connectivity index (χ4n) is 4.53. The summed E-state index contributed by atoms with van der Waals surface area (Å²) in [5, 5.41) is 19.1. The van der Waals surface area contributed by atoms with Crippen LogP contribution >= 0.6 is 0 Å². The van der Waals surface area contributed by atoms with Gasteiger partial charge in [0.25, 0.3) is 0 Å². The summed E-state index contributed by atoms with van der Waals surface area (Å²) in [6, 6.07) is 1.84. The average molecular weight is 457 g/mol. The first kappa shape index (κ1) is 21.5. The van der Waals surface area contributed by atoms with Crippen LogP contribution < -0.4 is 10.6 Å². The van der Waals surface area contributed by atoms with Crippen molar-refractivity contribution in [3.63, 3.8) is 0 Å². The Kier molecular flexibility index (Phi) is 5.15. The Morgan fingerprint density at radius 1 is 1.18 bits per heavy atom. The van der Waals surface area contributed by atoms with Gasteiger partial charge in [0.2, 0.25) is 5.95 Å². The Balaban J connectivity index is 1.50. The molecule has 9 nitrogen and oxygen atoms in total. The van der Waals surface area contributed by atoms with Crippen LogP contribution in [-0.4, -0.2) is 53.7 Å². The highest BCUT2D eigenvalue weighted by atomic mass is 19.1. The summed E-state index contributed by atoms with van der Waals surface area (Å²) in [5.74, 6) is -0.601. The molecule has 0 spiro atoms. The van der Waals surface area contributed by atoms with Crippen molar-refractivity contribution in [2.75, 3.05) is 23.7 Å². The SMILES string of the molecule is C[C@H]1C[C@@H](c2nc3c4cc(F)cc(F)c4nc(N)n3n2)CN(c2cnn([C@@H](C)[C@H](C)O)c2)C1. The molecule has 1 fully saturated rings. The van der Waals surface area contributed by atoms with Gasteiger partial charge in [-0.05, 0) is 32.3 Å². The van der Waals surface area contributed by atoms with Gasteiger partial charge in [-0.25, -0.2) is 18.7 Å². The Morgan fingerprint density at radius 3 is 2.73 bits per heavy atom. The minimum absolute atomic E-state index is 0.00383. The molecule has 0 aliphatic carbocycles. The zero-order valence-electron chi connectivity index (χ0n) is 18.7. The lowest BCUT2D eigenvalue weighted by molar-refractivity contribution is 0.132. The highest BCUT2D eigenvalue weighted by Gasteiger charge is 2.30. The Hall–Kier alpha value is -3.34. The van der Waals surface area contributed by atoms with E-state index < -0.39 is 17.7 Å². The van der Waals surface area contributed by atoms with Crippen molar-refractivity contribution in [1.29, 1.82) is 0 Å². The molecular weight excluding hydrogens is 430 g/mol. The van der Waals surface area contributed by atoms with Crippen molar-refractivity contribution < 1.29 is 13.9 Å². The molecule has 4 aromatic rings. The monoisotopic (exact) mass is 456 g/mol. The second kappa shape index (κ2) is 7.91. The molecule has 1 aliphatic heterocycles. The van der Waals surface area contributed by atoms with Crippen molar-refractivity contribution in [3.05, 3.63) is 42.0 Å².